The summed E-state index contributed by atoms with van der Waals surface area (Å²) < 4.78 is 0. The van der Waals surface area contributed by atoms with Gasteiger partial charge in [-0.1, -0.05) is 24.3 Å². The first-order valence-corrected chi connectivity index (χ1v) is 4.51. The maximum atomic E-state index is 9.98. The fourth-order valence-corrected chi connectivity index (χ4v) is 2.04. The maximum absolute atomic E-state index is 9.98. The minimum atomic E-state index is -0.849. The number of rotatable bonds is 0. The van der Waals surface area contributed by atoms with E-state index in [9.17, 15) is 5.11 Å². The van der Waals surface area contributed by atoms with E-state index in [4.69, 9.17) is 11.6 Å². The standard InChI is InChI=1S/C10H11ClO/c1-10(12)8-5-3-2-4-7(8)6-9(10)11/h2-5,9,12H,6H2,1H3/t9-,10+/m0/s1. The number of halogens is 1. The number of hydrogen-bond donors (Lipinski definition) is 1. The number of hydrogen-bond acceptors (Lipinski definition) is 1. The second-order valence-corrected chi connectivity index (χ2v) is 4.00. The summed E-state index contributed by atoms with van der Waals surface area (Å²) in [6, 6.07) is 7.87. The van der Waals surface area contributed by atoms with Crippen LogP contribution < -0.4 is 0 Å². The van der Waals surface area contributed by atoms with Crippen LogP contribution in [-0.2, 0) is 12.0 Å². The molecule has 64 valence electrons. The van der Waals surface area contributed by atoms with Crippen molar-refractivity contribution in [2.45, 2.75) is 24.3 Å². The SMILES string of the molecule is C[C@@]1(O)c2ccccc2C[C@@H]1Cl. The lowest BCUT2D eigenvalue weighted by Gasteiger charge is -2.21. The van der Waals surface area contributed by atoms with Crippen LogP contribution in [0.3, 0.4) is 0 Å². The van der Waals surface area contributed by atoms with E-state index in [1.807, 2.05) is 24.3 Å². The molecule has 0 saturated heterocycles. The third-order valence-corrected chi connectivity index (χ3v) is 3.15. The zero-order valence-corrected chi connectivity index (χ0v) is 7.67. The van der Waals surface area contributed by atoms with E-state index in [-0.39, 0.29) is 5.38 Å². The lowest BCUT2D eigenvalue weighted by atomic mass is 9.99. The van der Waals surface area contributed by atoms with Crippen molar-refractivity contribution in [2.24, 2.45) is 0 Å². The van der Waals surface area contributed by atoms with Crippen LogP contribution in [0.15, 0.2) is 24.3 Å². The fraction of sp³-hybridized carbons (Fsp3) is 0.400. The quantitative estimate of drug-likeness (QED) is 0.609. The minimum absolute atomic E-state index is 0.185. The molecule has 0 heterocycles. The predicted octanol–water partition coefficient (Wildman–Crippen LogP) is 2.06. The van der Waals surface area contributed by atoms with Gasteiger partial charge in [0, 0.05) is 0 Å². The Balaban J connectivity index is 2.55. The largest absolute Gasteiger partial charge is 0.384 e. The summed E-state index contributed by atoms with van der Waals surface area (Å²) in [4.78, 5) is 0. The van der Waals surface area contributed by atoms with Crippen LogP contribution in [0.5, 0.6) is 0 Å². The lowest BCUT2D eigenvalue weighted by Crippen LogP contribution is -2.27. The zero-order chi connectivity index (χ0) is 8.77. The molecule has 1 aliphatic rings. The Bertz CT molecular complexity index is 306. The van der Waals surface area contributed by atoms with E-state index in [0.29, 0.717) is 0 Å². The van der Waals surface area contributed by atoms with Gasteiger partial charge in [0.15, 0.2) is 0 Å². The number of fused-ring (bicyclic) bond motifs is 1. The first kappa shape index (κ1) is 8.09. The Morgan fingerprint density at radius 1 is 1.50 bits per heavy atom. The van der Waals surface area contributed by atoms with Gasteiger partial charge < -0.3 is 5.11 Å². The van der Waals surface area contributed by atoms with Crippen LogP contribution in [0.4, 0.5) is 0 Å². The van der Waals surface area contributed by atoms with Gasteiger partial charge in [-0.2, -0.15) is 0 Å². The molecule has 0 radical (unpaired) electrons. The molecule has 1 N–H and O–H groups in total. The van der Waals surface area contributed by atoms with Crippen LogP contribution in [0.25, 0.3) is 0 Å². The summed E-state index contributed by atoms with van der Waals surface area (Å²) >= 11 is 6.02. The van der Waals surface area contributed by atoms with Crippen LogP contribution in [0, 0.1) is 0 Å². The van der Waals surface area contributed by atoms with Gasteiger partial charge in [0.1, 0.15) is 5.60 Å². The third kappa shape index (κ3) is 0.970. The molecular weight excluding hydrogens is 172 g/mol. The van der Waals surface area contributed by atoms with Crippen LogP contribution in [-0.4, -0.2) is 10.5 Å². The highest BCUT2D eigenvalue weighted by Gasteiger charge is 2.39. The van der Waals surface area contributed by atoms with Gasteiger partial charge in [-0.05, 0) is 24.5 Å². The molecule has 1 aromatic carbocycles. The van der Waals surface area contributed by atoms with Crippen molar-refractivity contribution in [3.8, 4) is 0 Å². The Morgan fingerprint density at radius 3 is 2.83 bits per heavy atom. The first-order chi connectivity index (χ1) is 5.62. The van der Waals surface area contributed by atoms with Gasteiger partial charge in [0.05, 0.1) is 5.38 Å². The highest BCUT2D eigenvalue weighted by Crippen LogP contribution is 2.39. The zero-order valence-electron chi connectivity index (χ0n) is 6.92. The van der Waals surface area contributed by atoms with Gasteiger partial charge in [0.2, 0.25) is 0 Å². The topological polar surface area (TPSA) is 20.2 Å². The van der Waals surface area contributed by atoms with Crippen molar-refractivity contribution in [3.05, 3.63) is 35.4 Å². The third-order valence-electron chi connectivity index (χ3n) is 2.57. The van der Waals surface area contributed by atoms with Crippen molar-refractivity contribution >= 4 is 11.6 Å². The highest BCUT2D eigenvalue weighted by molar-refractivity contribution is 6.21. The van der Waals surface area contributed by atoms with Crippen molar-refractivity contribution < 1.29 is 5.11 Å². The van der Waals surface area contributed by atoms with E-state index in [0.717, 1.165) is 12.0 Å². The lowest BCUT2D eigenvalue weighted by molar-refractivity contribution is 0.0633. The smallest absolute Gasteiger partial charge is 0.104 e. The van der Waals surface area contributed by atoms with Gasteiger partial charge in [-0.15, -0.1) is 11.6 Å². The maximum Gasteiger partial charge on any atom is 0.104 e. The van der Waals surface area contributed by atoms with Gasteiger partial charge in [-0.25, -0.2) is 0 Å². The summed E-state index contributed by atoms with van der Waals surface area (Å²) in [6.07, 6.45) is 0.769. The molecule has 0 amide bonds. The summed E-state index contributed by atoms with van der Waals surface area (Å²) in [5.74, 6) is 0. The van der Waals surface area contributed by atoms with E-state index >= 15 is 0 Å². The Hall–Kier alpha value is -0.530. The fourth-order valence-electron chi connectivity index (χ4n) is 1.75. The summed E-state index contributed by atoms with van der Waals surface area (Å²) in [7, 11) is 0. The van der Waals surface area contributed by atoms with Gasteiger partial charge >= 0.3 is 0 Å². The first-order valence-electron chi connectivity index (χ1n) is 4.07. The molecule has 2 rings (SSSR count). The average molecular weight is 183 g/mol. The molecule has 2 heteroatoms. The monoisotopic (exact) mass is 182 g/mol. The molecular formula is C10H11ClO. The normalized spacial score (nSPS) is 33.4. The molecule has 0 saturated carbocycles. The van der Waals surface area contributed by atoms with Crippen LogP contribution in [0.2, 0.25) is 0 Å². The summed E-state index contributed by atoms with van der Waals surface area (Å²) in [5, 5.41) is 9.80. The molecule has 0 bridgehead atoms. The van der Waals surface area contributed by atoms with E-state index < -0.39 is 5.60 Å². The van der Waals surface area contributed by atoms with Crippen molar-refractivity contribution in [1.82, 2.24) is 0 Å². The Kier molecular flexibility index (Phi) is 1.67. The number of aliphatic hydroxyl groups is 1. The van der Waals surface area contributed by atoms with Crippen LogP contribution >= 0.6 is 11.6 Å². The van der Waals surface area contributed by atoms with E-state index in [2.05, 4.69) is 0 Å². The molecule has 12 heavy (non-hydrogen) atoms. The van der Waals surface area contributed by atoms with Gasteiger partial charge in [-0.3, -0.25) is 0 Å². The highest BCUT2D eigenvalue weighted by atomic mass is 35.5. The molecule has 2 atom stereocenters. The predicted molar refractivity (Wildman–Crippen MR) is 49.4 cm³/mol. The summed E-state index contributed by atoms with van der Waals surface area (Å²) in [6.45, 7) is 1.77. The second-order valence-electron chi connectivity index (χ2n) is 3.48. The summed E-state index contributed by atoms with van der Waals surface area (Å²) in [5.41, 5.74) is 1.30. The average Bonchev–Trinajstić information content (AvgIpc) is 2.25. The molecule has 0 aromatic heterocycles. The minimum Gasteiger partial charge on any atom is -0.384 e. The second kappa shape index (κ2) is 2.48. The molecule has 0 unspecified atom stereocenters. The molecule has 1 aliphatic carbocycles. The molecule has 1 nitrogen and oxygen atoms in total. The molecule has 1 aromatic rings. The van der Waals surface area contributed by atoms with Crippen molar-refractivity contribution in [2.75, 3.05) is 0 Å². The Morgan fingerprint density at radius 2 is 2.17 bits per heavy atom. The van der Waals surface area contributed by atoms with Crippen molar-refractivity contribution in [1.29, 1.82) is 0 Å². The van der Waals surface area contributed by atoms with Crippen LogP contribution in [0.1, 0.15) is 18.1 Å². The van der Waals surface area contributed by atoms with Gasteiger partial charge in [0.25, 0.3) is 0 Å². The number of benzene rings is 1. The molecule has 0 fully saturated rings. The van der Waals surface area contributed by atoms with E-state index in [1.165, 1.54) is 5.56 Å². The Labute approximate surface area is 77.0 Å². The van der Waals surface area contributed by atoms with Crippen molar-refractivity contribution in [3.63, 3.8) is 0 Å². The molecule has 0 spiro atoms. The van der Waals surface area contributed by atoms with E-state index in [1.54, 1.807) is 6.92 Å². The number of alkyl halides is 1. The molecule has 0 aliphatic heterocycles.